The minimum atomic E-state index is 1.25. The summed E-state index contributed by atoms with van der Waals surface area (Å²) >= 11 is 0. The zero-order valence-electron chi connectivity index (χ0n) is 7.36. The molecule has 0 unspecified atom stereocenters. The molecule has 2 rings (SSSR count). The van der Waals surface area contributed by atoms with Gasteiger partial charge in [-0.25, -0.2) is 0 Å². The van der Waals surface area contributed by atoms with E-state index in [2.05, 4.69) is 60.6 Å². The van der Waals surface area contributed by atoms with Crippen molar-refractivity contribution < 1.29 is 0 Å². The first-order valence-electron chi connectivity index (χ1n) is 4.02. The van der Waals surface area contributed by atoms with E-state index < -0.39 is 0 Å². The van der Waals surface area contributed by atoms with Crippen LogP contribution in [0.1, 0.15) is 0 Å². The lowest BCUT2D eigenvalue weighted by Gasteiger charge is -2.28. The Morgan fingerprint density at radius 1 is 0.833 bits per heavy atom. The molecule has 0 aliphatic carbocycles. The highest BCUT2D eigenvalue weighted by Gasteiger charge is 2.10. The minimum Gasteiger partial charge on any atom is -0.348 e. The van der Waals surface area contributed by atoms with Crippen LogP contribution >= 0.6 is 0 Å². The quantitative estimate of drug-likeness (QED) is 0.573. The highest BCUT2D eigenvalue weighted by Crippen LogP contribution is 2.30. The lowest BCUT2D eigenvalue weighted by molar-refractivity contribution is 1.08. The van der Waals surface area contributed by atoms with Crippen molar-refractivity contribution in [2.75, 3.05) is 23.9 Å². The van der Waals surface area contributed by atoms with Gasteiger partial charge in [-0.1, -0.05) is 12.1 Å². The third kappa shape index (κ3) is 0.961. The molecule has 0 spiro atoms. The zero-order chi connectivity index (χ0) is 8.55. The summed E-state index contributed by atoms with van der Waals surface area (Å²) in [6, 6.07) is 8.36. The van der Waals surface area contributed by atoms with E-state index in [0.29, 0.717) is 0 Å². The summed E-state index contributed by atoms with van der Waals surface area (Å²) in [7, 11) is 4.12. The highest BCUT2D eigenvalue weighted by atomic mass is 15.2. The summed E-state index contributed by atoms with van der Waals surface area (Å²) in [4.78, 5) is 4.24. The molecule has 2 nitrogen and oxygen atoms in total. The molecule has 0 fully saturated rings. The van der Waals surface area contributed by atoms with Crippen molar-refractivity contribution in [1.82, 2.24) is 0 Å². The molecule has 1 aliphatic heterocycles. The standard InChI is InChI=1S/C10H12N2/c1-11-7-8-12(2)10-6-4-3-5-9(10)11/h3-8H,1-2H3. The van der Waals surface area contributed by atoms with Crippen molar-refractivity contribution in [3.05, 3.63) is 36.7 Å². The number of fused-ring (bicyclic) bond motifs is 1. The van der Waals surface area contributed by atoms with Gasteiger partial charge in [0.2, 0.25) is 0 Å². The SMILES string of the molecule is CN1C=CN(C)c2ccccc21. The van der Waals surface area contributed by atoms with Crippen LogP contribution in [0.5, 0.6) is 0 Å². The number of anilines is 2. The molecule has 62 valence electrons. The van der Waals surface area contributed by atoms with E-state index in [1.807, 2.05) is 0 Å². The molecule has 0 bridgehead atoms. The van der Waals surface area contributed by atoms with Crippen LogP contribution in [-0.4, -0.2) is 14.1 Å². The first kappa shape index (κ1) is 7.22. The predicted molar refractivity (Wildman–Crippen MR) is 52.4 cm³/mol. The van der Waals surface area contributed by atoms with E-state index in [-0.39, 0.29) is 0 Å². The zero-order valence-corrected chi connectivity index (χ0v) is 7.36. The average Bonchev–Trinajstić information content (AvgIpc) is 2.12. The molecule has 0 saturated heterocycles. The average molecular weight is 160 g/mol. The van der Waals surface area contributed by atoms with E-state index in [0.717, 1.165) is 0 Å². The van der Waals surface area contributed by atoms with Crippen molar-refractivity contribution in [1.29, 1.82) is 0 Å². The molecule has 12 heavy (non-hydrogen) atoms. The van der Waals surface area contributed by atoms with Crippen LogP contribution in [-0.2, 0) is 0 Å². The molecule has 0 amide bonds. The van der Waals surface area contributed by atoms with Gasteiger partial charge in [0, 0.05) is 26.5 Å². The van der Waals surface area contributed by atoms with Gasteiger partial charge < -0.3 is 9.80 Å². The Bertz CT molecular complexity index is 286. The van der Waals surface area contributed by atoms with Crippen LogP contribution in [0.25, 0.3) is 0 Å². The van der Waals surface area contributed by atoms with Gasteiger partial charge in [-0.3, -0.25) is 0 Å². The topological polar surface area (TPSA) is 6.48 Å². The van der Waals surface area contributed by atoms with Gasteiger partial charge in [0.25, 0.3) is 0 Å². The lowest BCUT2D eigenvalue weighted by atomic mass is 10.2. The fourth-order valence-electron chi connectivity index (χ4n) is 1.42. The predicted octanol–water partition coefficient (Wildman–Crippen LogP) is 2.04. The fraction of sp³-hybridized carbons (Fsp3) is 0.200. The van der Waals surface area contributed by atoms with E-state index in [4.69, 9.17) is 0 Å². The second-order valence-corrected chi connectivity index (χ2v) is 3.01. The maximum Gasteiger partial charge on any atom is 0.0645 e. The lowest BCUT2D eigenvalue weighted by Crippen LogP contribution is -2.21. The normalized spacial score (nSPS) is 14.8. The summed E-state index contributed by atoms with van der Waals surface area (Å²) in [5, 5.41) is 0. The highest BCUT2D eigenvalue weighted by molar-refractivity contribution is 5.75. The third-order valence-corrected chi connectivity index (χ3v) is 2.16. The Morgan fingerprint density at radius 2 is 1.25 bits per heavy atom. The van der Waals surface area contributed by atoms with E-state index in [9.17, 15) is 0 Å². The van der Waals surface area contributed by atoms with Gasteiger partial charge in [-0.15, -0.1) is 0 Å². The van der Waals surface area contributed by atoms with Crippen molar-refractivity contribution in [3.63, 3.8) is 0 Å². The molecule has 0 N–H and O–H groups in total. The third-order valence-electron chi connectivity index (χ3n) is 2.16. The number of para-hydroxylation sites is 2. The van der Waals surface area contributed by atoms with Crippen molar-refractivity contribution in [2.24, 2.45) is 0 Å². The van der Waals surface area contributed by atoms with Crippen LogP contribution in [0.4, 0.5) is 11.4 Å². The van der Waals surface area contributed by atoms with Crippen LogP contribution in [0, 0.1) is 0 Å². The summed E-state index contributed by atoms with van der Waals surface area (Å²) in [5.41, 5.74) is 2.50. The second-order valence-electron chi connectivity index (χ2n) is 3.01. The fourth-order valence-corrected chi connectivity index (χ4v) is 1.42. The van der Waals surface area contributed by atoms with Gasteiger partial charge >= 0.3 is 0 Å². The molecular weight excluding hydrogens is 148 g/mol. The molecule has 1 aromatic carbocycles. The summed E-state index contributed by atoms with van der Waals surface area (Å²) in [5.74, 6) is 0. The van der Waals surface area contributed by atoms with E-state index in [1.165, 1.54) is 11.4 Å². The summed E-state index contributed by atoms with van der Waals surface area (Å²) in [6.07, 6.45) is 4.12. The van der Waals surface area contributed by atoms with Gasteiger partial charge in [-0.2, -0.15) is 0 Å². The maximum absolute atomic E-state index is 2.12. The molecule has 0 aromatic heterocycles. The molecule has 0 radical (unpaired) electrons. The number of rotatable bonds is 0. The molecule has 1 aliphatic rings. The number of hydrogen-bond donors (Lipinski definition) is 0. The Hall–Kier alpha value is -1.44. The number of benzene rings is 1. The Kier molecular flexibility index (Phi) is 1.54. The molecule has 0 atom stereocenters. The maximum atomic E-state index is 2.12. The molecule has 0 saturated carbocycles. The number of nitrogens with zero attached hydrogens (tertiary/aromatic N) is 2. The monoisotopic (exact) mass is 160 g/mol. The van der Waals surface area contributed by atoms with Crippen molar-refractivity contribution in [2.45, 2.75) is 0 Å². The van der Waals surface area contributed by atoms with Crippen molar-refractivity contribution in [3.8, 4) is 0 Å². The molecule has 1 heterocycles. The van der Waals surface area contributed by atoms with E-state index in [1.54, 1.807) is 0 Å². The van der Waals surface area contributed by atoms with Gasteiger partial charge in [-0.05, 0) is 12.1 Å². The summed E-state index contributed by atoms with van der Waals surface area (Å²) in [6.45, 7) is 0. The Labute approximate surface area is 72.7 Å². The largest absolute Gasteiger partial charge is 0.348 e. The van der Waals surface area contributed by atoms with Gasteiger partial charge in [0.15, 0.2) is 0 Å². The smallest absolute Gasteiger partial charge is 0.0645 e. The van der Waals surface area contributed by atoms with Crippen LogP contribution in [0.15, 0.2) is 36.7 Å². The van der Waals surface area contributed by atoms with Gasteiger partial charge in [0.1, 0.15) is 0 Å². The van der Waals surface area contributed by atoms with Gasteiger partial charge in [0.05, 0.1) is 11.4 Å². The first-order chi connectivity index (χ1) is 5.79. The molecule has 1 aromatic rings. The second kappa shape index (κ2) is 2.55. The van der Waals surface area contributed by atoms with E-state index >= 15 is 0 Å². The summed E-state index contributed by atoms with van der Waals surface area (Å²) < 4.78 is 0. The van der Waals surface area contributed by atoms with Crippen LogP contribution in [0.2, 0.25) is 0 Å². The first-order valence-corrected chi connectivity index (χ1v) is 4.02. The van der Waals surface area contributed by atoms with Crippen LogP contribution < -0.4 is 9.80 Å². The molecule has 2 heteroatoms. The van der Waals surface area contributed by atoms with Crippen molar-refractivity contribution >= 4 is 11.4 Å². The Balaban J connectivity index is 2.54. The number of hydrogen-bond acceptors (Lipinski definition) is 2. The minimum absolute atomic E-state index is 1.25. The van der Waals surface area contributed by atoms with Crippen LogP contribution in [0.3, 0.4) is 0 Å². The Morgan fingerprint density at radius 3 is 1.67 bits per heavy atom. The molecular formula is C10H12N2.